The highest BCUT2D eigenvalue weighted by molar-refractivity contribution is 8.24. The van der Waals surface area contributed by atoms with E-state index >= 15 is 0 Å². The molecule has 0 aliphatic heterocycles. The number of thioether (sulfide) groups is 4. The summed E-state index contributed by atoms with van der Waals surface area (Å²) < 4.78 is 11.5. The SMILES string of the molecule is CCOC(=O)SCc1ccccc1.COC(=O)C(C)SC(=S)N(C)c1ccncc1.[C-]#[N+]C(C)(C)SC(=S)N(C)c1ccncc1.[C-]#[N+]CSC(=S)N(C)c1ccccc1. The summed E-state index contributed by atoms with van der Waals surface area (Å²) in [6.45, 7) is 21.5. The van der Waals surface area contributed by atoms with E-state index in [0.29, 0.717) is 26.9 Å². The molecule has 2 aromatic heterocycles. The van der Waals surface area contributed by atoms with Crippen LogP contribution in [0.25, 0.3) is 9.69 Å². The minimum atomic E-state index is -0.516. The van der Waals surface area contributed by atoms with Gasteiger partial charge < -0.3 is 29.0 Å². The number of carbonyl (C=O) groups is 2. The molecule has 318 valence electrons. The summed E-state index contributed by atoms with van der Waals surface area (Å²) in [5, 5.41) is -0.511. The molecule has 1 unspecified atom stereocenters. The van der Waals surface area contributed by atoms with E-state index in [1.165, 1.54) is 54.2 Å². The Bertz CT molecular complexity index is 1990. The third kappa shape index (κ3) is 22.4. The number of thiocarbonyl (C=S) groups is 3. The van der Waals surface area contributed by atoms with Crippen molar-refractivity contribution in [3.8, 4) is 0 Å². The quantitative estimate of drug-likeness (QED) is 0.0856. The second-order valence-electron chi connectivity index (χ2n) is 12.1. The summed E-state index contributed by atoms with van der Waals surface area (Å²) in [5.41, 5.74) is 4.11. The van der Waals surface area contributed by atoms with Gasteiger partial charge in [0.1, 0.15) is 18.2 Å². The molecule has 0 aliphatic rings. The van der Waals surface area contributed by atoms with Crippen LogP contribution in [0.5, 0.6) is 0 Å². The second-order valence-corrected chi connectivity index (χ2v) is 18.8. The fraction of sp³-hybridized carbons (Fsp3) is 0.310. The average molecular weight is 940 g/mol. The lowest BCUT2D eigenvalue weighted by atomic mass is 10.2. The molecule has 0 N–H and O–H groups in total. The minimum Gasteiger partial charge on any atom is -0.468 e. The molecule has 0 fully saturated rings. The molecule has 18 heteroatoms. The van der Waals surface area contributed by atoms with Crippen molar-refractivity contribution in [2.45, 2.75) is 43.6 Å². The summed E-state index contributed by atoms with van der Waals surface area (Å²) in [5.74, 6) is 0.788. The van der Waals surface area contributed by atoms with Crippen molar-refractivity contribution in [2.24, 2.45) is 0 Å². The Kier molecular flexibility index (Phi) is 27.5. The lowest BCUT2D eigenvalue weighted by Crippen LogP contribution is -2.26. The van der Waals surface area contributed by atoms with Crippen LogP contribution < -0.4 is 14.7 Å². The number of ether oxygens (including phenoxy) is 2. The first-order chi connectivity index (χ1) is 28.6. The summed E-state index contributed by atoms with van der Waals surface area (Å²) in [4.78, 5) is 42.0. The zero-order chi connectivity index (χ0) is 44.9. The highest BCUT2D eigenvalue weighted by Gasteiger charge is 2.27. The number of hydrogen-bond donors (Lipinski definition) is 0. The number of benzene rings is 2. The zero-order valence-electron chi connectivity index (χ0n) is 34.7. The van der Waals surface area contributed by atoms with Crippen LogP contribution in [-0.2, 0) is 20.0 Å². The van der Waals surface area contributed by atoms with E-state index in [-0.39, 0.29) is 16.5 Å². The van der Waals surface area contributed by atoms with Crippen molar-refractivity contribution in [1.82, 2.24) is 9.97 Å². The Labute approximate surface area is 388 Å². The maximum Gasteiger partial charge on any atom is 0.367 e. The molecule has 0 spiro atoms. The molecule has 1 atom stereocenters. The summed E-state index contributed by atoms with van der Waals surface area (Å²) in [7, 11) is 7.03. The molecule has 0 aliphatic carbocycles. The molecule has 60 heavy (non-hydrogen) atoms. The van der Waals surface area contributed by atoms with Crippen LogP contribution in [0, 0.1) is 13.1 Å². The first-order valence-corrected chi connectivity index (χ1v) is 22.8. The van der Waals surface area contributed by atoms with Crippen molar-refractivity contribution in [3.63, 3.8) is 0 Å². The monoisotopic (exact) mass is 939 g/mol. The Hall–Kier alpha value is -4.27. The smallest absolute Gasteiger partial charge is 0.367 e. The lowest BCUT2D eigenvalue weighted by molar-refractivity contribution is -0.139. The number of rotatable bonds is 10. The number of methoxy groups -OCH3 is 1. The number of aromatic nitrogens is 2. The highest BCUT2D eigenvalue weighted by Crippen LogP contribution is 2.30. The molecule has 0 radical (unpaired) electrons. The Morgan fingerprint density at radius 1 is 0.750 bits per heavy atom. The Morgan fingerprint density at radius 2 is 1.22 bits per heavy atom. The molecule has 0 saturated carbocycles. The predicted octanol–water partition coefficient (Wildman–Crippen LogP) is 11.4. The number of para-hydroxylation sites is 1. The van der Waals surface area contributed by atoms with E-state index in [1.807, 2.05) is 135 Å². The average Bonchev–Trinajstić information content (AvgIpc) is 3.28. The normalized spacial score (nSPS) is 10.4. The van der Waals surface area contributed by atoms with Crippen LogP contribution in [-0.4, -0.2) is 85.1 Å². The van der Waals surface area contributed by atoms with Crippen molar-refractivity contribution in [2.75, 3.05) is 55.4 Å². The molecule has 2 heterocycles. The summed E-state index contributed by atoms with van der Waals surface area (Å²) in [6, 6.07) is 27.2. The van der Waals surface area contributed by atoms with Crippen molar-refractivity contribution < 1.29 is 19.1 Å². The third-order valence-electron chi connectivity index (χ3n) is 7.20. The second kappa shape index (κ2) is 30.7. The van der Waals surface area contributed by atoms with E-state index in [9.17, 15) is 9.59 Å². The Balaban J connectivity index is 0.000000402. The third-order valence-corrected chi connectivity index (χ3v) is 12.6. The maximum absolute atomic E-state index is 11.3. The molecule has 0 saturated heterocycles. The fourth-order valence-corrected chi connectivity index (χ4v) is 8.06. The first-order valence-electron chi connectivity index (χ1n) is 17.9. The molecule has 0 bridgehead atoms. The van der Waals surface area contributed by atoms with E-state index < -0.39 is 4.87 Å². The van der Waals surface area contributed by atoms with Crippen LogP contribution in [0.1, 0.15) is 33.3 Å². The van der Waals surface area contributed by atoms with Gasteiger partial charge in [-0.15, -0.1) is 0 Å². The van der Waals surface area contributed by atoms with Gasteiger partial charge in [-0.2, -0.15) is 0 Å². The largest absolute Gasteiger partial charge is 0.468 e. The lowest BCUT2D eigenvalue weighted by Gasteiger charge is -2.21. The molecular weight excluding hydrogens is 891 g/mol. The molecule has 0 amide bonds. The molecule has 2 aromatic carbocycles. The van der Waals surface area contributed by atoms with Gasteiger partial charge >= 0.3 is 11.3 Å². The highest BCUT2D eigenvalue weighted by atomic mass is 32.2. The van der Waals surface area contributed by atoms with Gasteiger partial charge in [-0.25, -0.2) is 17.9 Å². The number of carbonyl (C=O) groups excluding carboxylic acids is 2. The van der Waals surface area contributed by atoms with Gasteiger partial charge in [0.15, 0.2) is 0 Å². The zero-order valence-corrected chi connectivity index (χ0v) is 40.4. The van der Waals surface area contributed by atoms with Gasteiger partial charge in [-0.05, 0) is 91.1 Å². The molecule has 11 nitrogen and oxygen atoms in total. The van der Waals surface area contributed by atoms with Gasteiger partial charge in [-0.1, -0.05) is 96.9 Å². The summed E-state index contributed by atoms with van der Waals surface area (Å²) in [6.07, 6.45) is 6.84. The van der Waals surface area contributed by atoms with Crippen LogP contribution in [0.3, 0.4) is 0 Å². The van der Waals surface area contributed by atoms with E-state index in [2.05, 4.69) is 24.4 Å². The van der Waals surface area contributed by atoms with Crippen molar-refractivity contribution in [3.05, 3.63) is 138 Å². The maximum atomic E-state index is 11.3. The molecule has 4 aromatic rings. The number of anilines is 3. The van der Waals surface area contributed by atoms with Gasteiger partial charge in [-0.3, -0.25) is 19.6 Å². The van der Waals surface area contributed by atoms with Crippen molar-refractivity contribution >= 4 is 125 Å². The van der Waals surface area contributed by atoms with E-state index in [4.69, 9.17) is 54.5 Å². The molecular formula is C42H49N7O4S7. The number of nitrogens with zero attached hydrogens (tertiary/aromatic N) is 7. The van der Waals surface area contributed by atoms with Crippen LogP contribution in [0.2, 0.25) is 0 Å². The number of pyridine rings is 2. The topological polar surface area (TPSA) is 96.8 Å². The summed E-state index contributed by atoms with van der Waals surface area (Å²) >= 11 is 21.0. The molecule has 4 rings (SSSR count). The number of hydrogen-bond acceptors (Lipinski definition) is 13. The van der Waals surface area contributed by atoms with E-state index in [1.54, 1.807) is 38.6 Å². The van der Waals surface area contributed by atoms with Crippen LogP contribution in [0.15, 0.2) is 110 Å². The van der Waals surface area contributed by atoms with Gasteiger partial charge in [0.2, 0.25) is 0 Å². The van der Waals surface area contributed by atoms with Gasteiger partial charge in [0.05, 0.1) is 13.7 Å². The van der Waals surface area contributed by atoms with E-state index in [0.717, 1.165) is 26.9 Å². The minimum absolute atomic E-state index is 0.202. The van der Waals surface area contributed by atoms with Gasteiger partial charge in [0.25, 0.3) is 10.7 Å². The predicted molar refractivity (Wildman–Crippen MR) is 269 cm³/mol. The van der Waals surface area contributed by atoms with Crippen LogP contribution in [0.4, 0.5) is 21.9 Å². The van der Waals surface area contributed by atoms with Crippen molar-refractivity contribution in [1.29, 1.82) is 0 Å². The number of esters is 1. The standard InChI is InChI=1S/C11H13N3S2.C11H14N2O2S2.C10H10N2S2.C10H12O2S/c1-11(2,12-3)16-10(15)14(4)9-5-7-13-8-6-9;1-8(10(14)15-3)17-11(16)13(2)9-4-6-12-7-5-9;1-11-8-14-10(13)12(2)9-6-4-3-5-7-9;1-2-12-10(11)13-8-9-6-4-3-5-7-9/h5-8H,1-2,4H3;4-8H,1-3H3;3-7H,8H2,2H3;3-7H,2,8H2,1H3. The Morgan fingerprint density at radius 3 is 1.68 bits per heavy atom. The van der Waals surface area contributed by atoms with Crippen LogP contribution >= 0.6 is 83.7 Å². The van der Waals surface area contributed by atoms with Gasteiger partial charge in [0, 0.05) is 82.6 Å². The fourth-order valence-electron chi connectivity index (χ4n) is 3.91. The first kappa shape index (κ1) is 53.7.